The summed E-state index contributed by atoms with van der Waals surface area (Å²) in [6.07, 6.45) is 0.985. The maximum Gasteiger partial charge on any atom is 0.243 e. The van der Waals surface area contributed by atoms with E-state index in [1.54, 1.807) is 6.07 Å². The van der Waals surface area contributed by atoms with E-state index in [2.05, 4.69) is 0 Å². The minimum atomic E-state index is -0.694. The molecule has 0 radical (unpaired) electrons. The minimum Gasteiger partial charge on any atom is -0.398 e. The number of nitrogens with two attached hydrogens (primary N) is 2. The molecule has 0 aliphatic rings. The third kappa shape index (κ3) is 2.30. The van der Waals surface area contributed by atoms with Gasteiger partial charge in [-0.25, -0.2) is 4.39 Å². The number of hydrogen-bond acceptors (Lipinski definition) is 2. The molecule has 1 rings (SSSR count). The Labute approximate surface area is 74.8 Å². The monoisotopic (exact) mass is 180 g/mol. The number of primary amides is 1. The smallest absolute Gasteiger partial charge is 0.243 e. The highest BCUT2D eigenvalue weighted by Crippen LogP contribution is 2.12. The molecule has 0 saturated heterocycles. The van der Waals surface area contributed by atoms with Crippen molar-refractivity contribution in [1.29, 1.82) is 0 Å². The van der Waals surface area contributed by atoms with Gasteiger partial charge >= 0.3 is 0 Å². The molecule has 3 nitrogen and oxygen atoms in total. The first-order chi connectivity index (χ1) is 6.11. The second-order valence-electron chi connectivity index (χ2n) is 2.48. The molecule has 1 aromatic rings. The van der Waals surface area contributed by atoms with Gasteiger partial charge in [0.1, 0.15) is 5.82 Å². The van der Waals surface area contributed by atoms with Crippen molar-refractivity contribution in [3.05, 3.63) is 41.7 Å². The largest absolute Gasteiger partial charge is 0.398 e. The molecular formula is C9H9FN2O. The van der Waals surface area contributed by atoms with Crippen LogP contribution >= 0.6 is 0 Å². The molecule has 1 amide bonds. The van der Waals surface area contributed by atoms with Gasteiger partial charge in [0, 0.05) is 17.3 Å². The van der Waals surface area contributed by atoms with Crippen molar-refractivity contribution in [2.75, 3.05) is 0 Å². The Hall–Kier alpha value is -1.84. The molecular weight excluding hydrogens is 171 g/mol. The lowest BCUT2D eigenvalue weighted by atomic mass is 10.1. The average molecular weight is 180 g/mol. The molecule has 0 atom stereocenters. The van der Waals surface area contributed by atoms with Crippen LogP contribution in [0.15, 0.2) is 30.3 Å². The fourth-order valence-corrected chi connectivity index (χ4v) is 0.926. The van der Waals surface area contributed by atoms with E-state index in [4.69, 9.17) is 11.5 Å². The molecule has 0 bridgehead atoms. The predicted molar refractivity (Wildman–Crippen MR) is 47.8 cm³/mol. The van der Waals surface area contributed by atoms with Crippen LogP contribution in [0, 0.1) is 5.82 Å². The molecule has 0 heterocycles. The van der Waals surface area contributed by atoms with Crippen LogP contribution < -0.4 is 11.5 Å². The highest BCUT2D eigenvalue weighted by atomic mass is 19.1. The van der Waals surface area contributed by atoms with Crippen molar-refractivity contribution in [2.45, 2.75) is 0 Å². The van der Waals surface area contributed by atoms with Crippen molar-refractivity contribution in [3.63, 3.8) is 0 Å². The van der Waals surface area contributed by atoms with Crippen LogP contribution in [0.4, 0.5) is 4.39 Å². The van der Waals surface area contributed by atoms with E-state index in [9.17, 15) is 9.18 Å². The lowest BCUT2D eigenvalue weighted by Gasteiger charge is -2.01. The Morgan fingerprint density at radius 1 is 1.31 bits per heavy atom. The number of carbonyl (C=O) groups excluding carboxylic acids is 1. The number of hydrogen-bond donors (Lipinski definition) is 2. The van der Waals surface area contributed by atoms with E-state index in [-0.39, 0.29) is 11.3 Å². The second-order valence-corrected chi connectivity index (χ2v) is 2.48. The van der Waals surface area contributed by atoms with Gasteiger partial charge in [-0.15, -0.1) is 0 Å². The molecule has 68 valence electrons. The molecule has 1 aromatic carbocycles. The van der Waals surface area contributed by atoms with Crippen molar-refractivity contribution in [1.82, 2.24) is 0 Å². The van der Waals surface area contributed by atoms with Gasteiger partial charge in [0.25, 0.3) is 0 Å². The molecule has 4 N–H and O–H groups in total. The molecule has 0 unspecified atom stereocenters. The number of benzene rings is 1. The lowest BCUT2D eigenvalue weighted by Crippen LogP contribution is -2.10. The van der Waals surface area contributed by atoms with E-state index in [1.165, 1.54) is 18.2 Å². The Morgan fingerprint density at radius 3 is 2.46 bits per heavy atom. The van der Waals surface area contributed by atoms with Crippen LogP contribution in [0.3, 0.4) is 0 Å². The Bertz CT molecular complexity index is 360. The predicted octanol–water partition coefficient (Wildman–Crippen LogP) is 0.611. The normalized spacial score (nSPS) is 11.3. The zero-order valence-electron chi connectivity index (χ0n) is 6.83. The van der Waals surface area contributed by atoms with Crippen molar-refractivity contribution >= 4 is 11.6 Å². The Balaban J connectivity index is 3.08. The van der Waals surface area contributed by atoms with Crippen LogP contribution in [0.2, 0.25) is 0 Å². The fraction of sp³-hybridized carbons (Fsp3) is 0. The number of amides is 1. The number of halogens is 1. The van der Waals surface area contributed by atoms with Gasteiger partial charge in [0.05, 0.1) is 0 Å². The fourth-order valence-electron chi connectivity index (χ4n) is 0.926. The summed E-state index contributed by atoms with van der Waals surface area (Å²) in [5.74, 6) is -1.17. The molecule has 0 aliphatic heterocycles. The molecule has 0 spiro atoms. The Morgan fingerprint density at radius 2 is 1.92 bits per heavy atom. The Kier molecular flexibility index (Phi) is 2.64. The van der Waals surface area contributed by atoms with Crippen molar-refractivity contribution < 1.29 is 9.18 Å². The zero-order chi connectivity index (χ0) is 9.84. The third-order valence-electron chi connectivity index (χ3n) is 1.48. The van der Waals surface area contributed by atoms with E-state index in [1.807, 2.05) is 0 Å². The van der Waals surface area contributed by atoms with E-state index < -0.39 is 11.7 Å². The molecule has 13 heavy (non-hydrogen) atoms. The van der Waals surface area contributed by atoms with Gasteiger partial charge in [0.2, 0.25) is 5.91 Å². The van der Waals surface area contributed by atoms with Crippen molar-refractivity contribution in [2.24, 2.45) is 11.5 Å². The van der Waals surface area contributed by atoms with Gasteiger partial charge in [-0.05, 0) is 12.1 Å². The summed E-state index contributed by atoms with van der Waals surface area (Å²) >= 11 is 0. The van der Waals surface area contributed by atoms with E-state index in [0.717, 1.165) is 6.08 Å². The van der Waals surface area contributed by atoms with Gasteiger partial charge < -0.3 is 11.5 Å². The molecule has 0 fully saturated rings. The summed E-state index contributed by atoms with van der Waals surface area (Å²) in [7, 11) is 0. The number of carbonyl (C=O) groups is 1. The zero-order valence-corrected chi connectivity index (χ0v) is 6.83. The minimum absolute atomic E-state index is 0.0330. The second kappa shape index (κ2) is 3.71. The number of rotatable bonds is 2. The van der Waals surface area contributed by atoms with Crippen LogP contribution in [0.5, 0.6) is 0 Å². The van der Waals surface area contributed by atoms with Gasteiger partial charge in [-0.2, -0.15) is 0 Å². The maximum atomic E-state index is 13.0. The average Bonchev–Trinajstić information content (AvgIpc) is 2.03. The molecule has 0 saturated carbocycles. The quantitative estimate of drug-likeness (QED) is 0.654. The van der Waals surface area contributed by atoms with Crippen molar-refractivity contribution in [3.8, 4) is 0 Å². The van der Waals surface area contributed by atoms with Gasteiger partial charge in [-0.1, -0.05) is 12.1 Å². The van der Waals surface area contributed by atoms with Gasteiger partial charge in [0.15, 0.2) is 0 Å². The SMILES string of the molecule is NC(=O)/C=C(\N)c1ccccc1F. The third-order valence-corrected chi connectivity index (χ3v) is 1.48. The summed E-state index contributed by atoms with van der Waals surface area (Å²) in [6, 6.07) is 5.90. The van der Waals surface area contributed by atoms with Crippen LogP contribution in [0.25, 0.3) is 5.70 Å². The highest BCUT2D eigenvalue weighted by Gasteiger charge is 2.03. The summed E-state index contributed by atoms with van der Waals surface area (Å²) < 4.78 is 13.0. The first-order valence-corrected chi connectivity index (χ1v) is 3.63. The lowest BCUT2D eigenvalue weighted by molar-refractivity contribution is -0.113. The van der Waals surface area contributed by atoms with Gasteiger partial charge in [-0.3, -0.25) is 4.79 Å². The highest BCUT2D eigenvalue weighted by molar-refractivity contribution is 5.93. The first-order valence-electron chi connectivity index (χ1n) is 3.63. The molecule has 4 heteroatoms. The van der Waals surface area contributed by atoms with Crippen LogP contribution in [-0.2, 0) is 4.79 Å². The maximum absolute atomic E-state index is 13.0. The topological polar surface area (TPSA) is 69.1 Å². The van der Waals surface area contributed by atoms with Crippen LogP contribution in [0.1, 0.15) is 5.56 Å². The molecule has 0 aromatic heterocycles. The summed E-state index contributed by atoms with van der Waals surface area (Å²) in [5.41, 5.74) is 10.5. The summed E-state index contributed by atoms with van der Waals surface area (Å²) in [4.78, 5) is 10.4. The van der Waals surface area contributed by atoms with E-state index in [0.29, 0.717) is 0 Å². The summed E-state index contributed by atoms with van der Waals surface area (Å²) in [6.45, 7) is 0. The van der Waals surface area contributed by atoms with E-state index >= 15 is 0 Å². The van der Waals surface area contributed by atoms with Crippen LogP contribution in [-0.4, -0.2) is 5.91 Å². The standard InChI is InChI=1S/C9H9FN2O/c10-7-4-2-1-3-6(7)8(11)5-9(12)13/h1-5H,11H2,(H2,12,13)/b8-5-. The molecule has 0 aliphatic carbocycles. The first kappa shape index (κ1) is 9.25. The summed E-state index contributed by atoms with van der Waals surface area (Å²) in [5, 5.41) is 0.